The lowest BCUT2D eigenvalue weighted by molar-refractivity contribution is 0.0698. The molecular weight excluding hydrogens is 362 g/mol. The summed E-state index contributed by atoms with van der Waals surface area (Å²) in [7, 11) is 0. The monoisotopic (exact) mass is 389 g/mol. The van der Waals surface area contributed by atoms with Crippen molar-refractivity contribution in [3.63, 3.8) is 0 Å². The van der Waals surface area contributed by atoms with Gasteiger partial charge in [-0.15, -0.1) is 0 Å². The minimum absolute atomic E-state index is 0.135. The second-order valence-corrected chi connectivity index (χ2v) is 8.68. The molecule has 29 heavy (non-hydrogen) atoms. The fourth-order valence-corrected chi connectivity index (χ4v) is 4.85. The molecule has 5 heteroatoms. The zero-order valence-electron chi connectivity index (χ0n) is 16.6. The molecule has 2 heterocycles. The third-order valence-electron chi connectivity index (χ3n) is 6.60. The summed E-state index contributed by atoms with van der Waals surface area (Å²) in [6.45, 7) is 1.06. The van der Waals surface area contributed by atoms with E-state index in [0.717, 1.165) is 41.8 Å². The summed E-state index contributed by atoms with van der Waals surface area (Å²) in [6.07, 6.45) is 12.7. The van der Waals surface area contributed by atoms with Crippen LogP contribution >= 0.6 is 0 Å². The molecule has 0 saturated heterocycles. The number of aromatic nitrogens is 2. The van der Waals surface area contributed by atoms with E-state index in [1.165, 1.54) is 37.6 Å². The minimum atomic E-state index is -1.01. The molecule has 0 atom stereocenters. The lowest BCUT2D eigenvalue weighted by Crippen LogP contribution is -2.13. The van der Waals surface area contributed by atoms with E-state index in [-0.39, 0.29) is 5.56 Å². The van der Waals surface area contributed by atoms with Gasteiger partial charge in [0.25, 0.3) is 0 Å². The molecule has 3 aromatic rings. The van der Waals surface area contributed by atoms with E-state index < -0.39 is 5.97 Å². The summed E-state index contributed by atoms with van der Waals surface area (Å²) < 4.78 is 2.34. The van der Waals surface area contributed by atoms with Gasteiger partial charge in [0.1, 0.15) is 5.56 Å². The van der Waals surface area contributed by atoms with Gasteiger partial charge in [0.05, 0.1) is 11.4 Å². The van der Waals surface area contributed by atoms with Gasteiger partial charge in [0.15, 0.2) is 0 Å². The van der Waals surface area contributed by atoms with Crippen molar-refractivity contribution >= 4 is 22.6 Å². The fourth-order valence-electron chi connectivity index (χ4n) is 4.85. The van der Waals surface area contributed by atoms with Gasteiger partial charge in [-0.3, -0.25) is 4.98 Å². The van der Waals surface area contributed by atoms with Crippen LogP contribution in [0.15, 0.2) is 36.7 Å². The largest absolute Gasteiger partial charge is 0.478 e. The highest BCUT2D eigenvalue weighted by Gasteiger charge is 2.30. The first-order valence-electron chi connectivity index (χ1n) is 10.7. The number of pyridine rings is 1. The Morgan fingerprint density at radius 1 is 1.14 bits per heavy atom. The SMILES string of the molecule is Nc1c(C2CC2)cnc(-c2ccc3c(ccn3CC3CCCCC3)c2)c1C(=O)O. The lowest BCUT2D eigenvalue weighted by Gasteiger charge is -2.22. The molecule has 0 aliphatic heterocycles. The number of aromatic carboxylic acids is 1. The zero-order chi connectivity index (χ0) is 20.0. The molecule has 3 N–H and O–H groups in total. The summed E-state index contributed by atoms with van der Waals surface area (Å²) in [5.74, 6) is 0.113. The van der Waals surface area contributed by atoms with Crippen LogP contribution in [0.1, 0.15) is 66.8 Å². The minimum Gasteiger partial charge on any atom is -0.478 e. The number of carbonyl (C=O) groups is 1. The van der Waals surface area contributed by atoms with Crippen LogP contribution in [-0.4, -0.2) is 20.6 Å². The predicted molar refractivity (Wildman–Crippen MR) is 115 cm³/mol. The number of nitrogens with zero attached hydrogens (tertiary/aromatic N) is 2. The second kappa shape index (κ2) is 7.21. The van der Waals surface area contributed by atoms with Gasteiger partial charge in [0.2, 0.25) is 0 Å². The molecule has 0 amide bonds. The molecule has 0 unspecified atom stereocenters. The van der Waals surface area contributed by atoms with Crippen LogP contribution in [0.5, 0.6) is 0 Å². The third kappa shape index (κ3) is 3.39. The van der Waals surface area contributed by atoms with Crippen molar-refractivity contribution < 1.29 is 9.90 Å². The Balaban J connectivity index is 1.51. The summed E-state index contributed by atoms with van der Waals surface area (Å²) >= 11 is 0. The van der Waals surface area contributed by atoms with Gasteiger partial charge in [-0.2, -0.15) is 0 Å². The Kier molecular flexibility index (Phi) is 4.53. The van der Waals surface area contributed by atoms with Gasteiger partial charge in [-0.05, 0) is 61.3 Å². The maximum Gasteiger partial charge on any atom is 0.340 e. The molecule has 2 saturated carbocycles. The molecular formula is C24H27N3O2. The highest BCUT2D eigenvalue weighted by molar-refractivity contribution is 6.01. The van der Waals surface area contributed by atoms with Crippen molar-refractivity contribution in [1.82, 2.24) is 9.55 Å². The molecule has 0 radical (unpaired) electrons. The quantitative estimate of drug-likeness (QED) is 0.609. The molecule has 2 aliphatic carbocycles. The Hall–Kier alpha value is -2.82. The van der Waals surface area contributed by atoms with Gasteiger partial charge >= 0.3 is 5.97 Å². The summed E-state index contributed by atoms with van der Waals surface area (Å²) in [4.78, 5) is 16.5. The van der Waals surface area contributed by atoms with Crippen LogP contribution in [0, 0.1) is 5.92 Å². The molecule has 2 fully saturated rings. The fraction of sp³-hybridized carbons (Fsp3) is 0.417. The van der Waals surface area contributed by atoms with Crippen LogP contribution < -0.4 is 5.73 Å². The number of nitrogens with two attached hydrogens (primary N) is 1. The number of carboxylic acids is 1. The Bertz CT molecular complexity index is 1080. The maximum absolute atomic E-state index is 12.0. The van der Waals surface area contributed by atoms with Crippen molar-refractivity contribution in [2.24, 2.45) is 5.92 Å². The van der Waals surface area contributed by atoms with Crippen molar-refractivity contribution in [2.45, 2.75) is 57.4 Å². The van der Waals surface area contributed by atoms with E-state index in [9.17, 15) is 9.90 Å². The average Bonchev–Trinajstić information content (AvgIpc) is 3.49. The highest BCUT2D eigenvalue weighted by atomic mass is 16.4. The number of hydrogen-bond donors (Lipinski definition) is 2. The number of carboxylic acid groups (broad SMARTS) is 1. The van der Waals surface area contributed by atoms with E-state index in [1.54, 1.807) is 6.20 Å². The first-order valence-corrected chi connectivity index (χ1v) is 10.7. The van der Waals surface area contributed by atoms with Crippen LogP contribution in [0.2, 0.25) is 0 Å². The first kappa shape index (κ1) is 18.2. The van der Waals surface area contributed by atoms with E-state index in [4.69, 9.17) is 5.73 Å². The maximum atomic E-state index is 12.0. The summed E-state index contributed by atoms with van der Waals surface area (Å²) in [5.41, 5.74) is 10.1. The van der Waals surface area contributed by atoms with Crippen LogP contribution in [0.25, 0.3) is 22.2 Å². The molecule has 5 rings (SSSR count). The summed E-state index contributed by atoms with van der Waals surface area (Å²) in [6, 6.07) is 8.22. The molecule has 2 aromatic heterocycles. The Labute approximate surface area is 170 Å². The smallest absolute Gasteiger partial charge is 0.340 e. The standard InChI is InChI=1S/C24H27N3O2/c25-22-19(16-6-7-16)13-26-23(21(22)24(28)29)18-8-9-20-17(12-18)10-11-27(20)14-15-4-2-1-3-5-15/h8-13,15-16H,1-7,14H2,(H2,25,26)(H,28,29). The number of anilines is 1. The number of rotatable bonds is 5. The van der Waals surface area contributed by atoms with Gasteiger partial charge in [0, 0.05) is 35.4 Å². The van der Waals surface area contributed by atoms with Crippen LogP contribution in [0.3, 0.4) is 0 Å². The van der Waals surface area contributed by atoms with Gasteiger partial charge in [-0.25, -0.2) is 4.79 Å². The van der Waals surface area contributed by atoms with Crippen molar-refractivity contribution in [3.05, 3.63) is 47.8 Å². The van der Waals surface area contributed by atoms with E-state index in [1.807, 2.05) is 12.1 Å². The van der Waals surface area contributed by atoms with Gasteiger partial charge < -0.3 is 15.4 Å². The molecule has 5 nitrogen and oxygen atoms in total. The lowest BCUT2D eigenvalue weighted by atomic mass is 9.89. The topological polar surface area (TPSA) is 81.1 Å². The normalized spacial score (nSPS) is 17.7. The van der Waals surface area contributed by atoms with E-state index in [2.05, 4.69) is 27.9 Å². The Morgan fingerprint density at radius 3 is 2.66 bits per heavy atom. The van der Waals surface area contributed by atoms with E-state index >= 15 is 0 Å². The van der Waals surface area contributed by atoms with Gasteiger partial charge in [-0.1, -0.05) is 25.3 Å². The van der Waals surface area contributed by atoms with E-state index in [0.29, 0.717) is 17.3 Å². The predicted octanol–water partition coefficient (Wildman–Crippen LogP) is 5.44. The molecule has 0 spiro atoms. The van der Waals surface area contributed by atoms with Crippen molar-refractivity contribution in [3.8, 4) is 11.3 Å². The molecule has 0 bridgehead atoms. The zero-order valence-corrected chi connectivity index (χ0v) is 16.6. The van der Waals surface area contributed by atoms with Crippen LogP contribution in [0.4, 0.5) is 5.69 Å². The van der Waals surface area contributed by atoms with Crippen molar-refractivity contribution in [1.29, 1.82) is 0 Å². The van der Waals surface area contributed by atoms with Crippen LogP contribution in [-0.2, 0) is 6.54 Å². The molecule has 2 aliphatic rings. The average molecular weight is 389 g/mol. The third-order valence-corrected chi connectivity index (χ3v) is 6.60. The molecule has 150 valence electrons. The second-order valence-electron chi connectivity index (χ2n) is 8.68. The van der Waals surface area contributed by atoms with Crippen molar-refractivity contribution in [2.75, 3.05) is 5.73 Å². The number of fused-ring (bicyclic) bond motifs is 1. The number of hydrogen-bond acceptors (Lipinski definition) is 3. The number of nitrogen functional groups attached to an aromatic ring is 1. The highest BCUT2D eigenvalue weighted by Crippen LogP contribution is 2.44. The number of benzene rings is 1. The Morgan fingerprint density at radius 2 is 1.93 bits per heavy atom. The molecule has 1 aromatic carbocycles. The summed E-state index contributed by atoms with van der Waals surface area (Å²) in [5, 5.41) is 10.9. The first-order chi connectivity index (χ1) is 14.1.